The number of nitriles is 1. The lowest BCUT2D eigenvalue weighted by Gasteiger charge is -2.09. The minimum atomic E-state index is 0.609. The Morgan fingerprint density at radius 3 is 2.57 bits per heavy atom. The Morgan fingerprint density at radius 1 is 0.957 bits per heavy atom. The maximum absolute atomic E-state index is 9.57. The van der Waals surface area contributed by atoms with Crippen LogP contribution < -0.4 is 0 Å². The molecule has 1 aromatic heterocycles. The molecule has 0 unspecified atom stereocenters. The van der Waals surface area contributed by atoms with Crippen LogP contribution in [0.15, 0.2) is 59.1 Å². The summed E-state index contributed by atoms with van der Waals surface area (Å²) < 4.78 is 3.18. The highest BCUT2D eigenvalue weighted by Crippen LogP contribution is 2.42. The van der Waals surface area contributed by atoms with Gasteiger partial charge in [0, 0.05) is 35.2 Å². The van der Waals surface area contributed by atoms with Gasteiger partial charge in [-0.3, -0.25) is 0 Å². The summed E-state index contributed by atoms with van der Waals surface area (Å²) in [5, 5.41) is 12.6. The van der Waals surface area contributed by atoms with Crippen molar-refractivity contribution >= 4 is 59.0 Å². The molecule has 0 spiro atoms. The Hall–Kier alpha value is -1.86. The van der Waals surface area contributed by atoms with Crippen molar-refractivity contribution in [2.75, 3.05) is 0 Å². The number of benzene rings is 3. The van der Waals surface area contributed by atoms with Crippen LogP contribution in [0.1, 0.15) is 5.56 Å². The van der Waals surface area contributed by atoms with Crippen molar-refractivity contribution in [1.29, 1.82) is 5.26 Å². The molecule has 0 amide bonds. The molecule has 0 N–H and O–H groups in total. The summed E-state index contributed by atoms with van der Waals surface area (Å²) in [6.45, 7) is 0. The van der Waals surface area contributed by atoms with Crippen LogP contribution >= 0.6 is 38.9 Å². The number of thiophene rings is 1. The molecule has 110 valence electrons. The summed E-state index contributed by atoms with van der Waals surface area (Å²) in [6.07, 6.45) is 0. The number of hydrogen-bond acceptors (Lipinski definition) is 2. The molecule has 0 aliphatic carbocycles. The van der Waals surface area contributed by atoms with Crippen molar-refractivity contribution in [3.05, 3.63) is 69.7 Å². The molecule has 1 heterocycles. The number of halogens is 2. The second-order valence-electron chi connectivity index (χ2n) is 5.20. The molecule has 23 heavy (non-hydrogen) atoms. The van der Waals surface area contributed by atoms with E-state index in [1.165, 1.54) is 20.2 Å². The van der Waals surface area contributed by atoms with Crippen LogP contribution in [0.4, 0.5) is 0 Å². The smallest absolute Gasteiger partial charge is 0.101 e. The molecule has 0 aliphatic heterocycles. The van der Waals surface area contributed by atoms with Crippen LogP contribution in [0.25, 0.3) is 31.3 Å². The van der Waals surface area contributed by atoms with Gasteiger partial charge in [-0.25, -0.2) is 0 Å². The van der Waals surface area contributed by atoms with E-state index in [4.69, 9.17) is 11.6 Å². The van der Waals surface area contributed by atoms with Crippen LogP contribution in [0.2, 0.25) is 5.02 Å². The first-order valence-corrected chi connectivity index (χ1v) is 8.97. The maximum Gasteiger partial charge on any atom is 0.101 e. The van der Waals surface area contributed by atoms with Gasteiger partial charge in [0.2, 0.25) is 0 Å². The molecule has 4 aromatic rings. The van der Waals surface area contributed by atoms with E-state index in [0.717, 1.165) is 15.6 Å². The molecule has 4 rings (SSSR count). The van der Waals surface area contributed by atoms with E-state index < -0.39 is 0 Å². The molecule has 1 nitrogen and oxygen atoms in total. The summed E-state index contributed by atoms with van der Waals surface area (Å²) >= 11 is 11.5. The lowest BCUT2D eigenvalue weighted by atomic mass is 9.96. The van der Waals surface area contributed by atoms with Gasteiger partial charge in [-0.2, -0.15) is 5.26 Å². The highest BCUT2D eigenvalue weighted by molar-refractivity contribution is 9.10. The molecule has 0 fully saturated rings. The fourth-order valence-corrected chi connectivity index (χ4v) is 4.93. The van der Waals surface area contributed by atoms with Gasteiger partial charge in [0.25, 0.3) is 0 Å². The normalized spacial score (nSPS) is 11.0. The van der Waals surface area contributed by atoms with Crippen LogP contribution in [-0.2, 0) is 0 Å². The van der Waals surface area contributed by atoms with Crippen LogP contribution in [0, 0.1) is 11.3 Å². The molecule has 3 aromatic carbocycles. The number of hydrogen-bond donors (Lipinski definition) is 0. The largest absolute Gasteiger partial charge is 0.192 e. The standard InChI is InChI=1S/C19H9BrClNS/c20-16-9-11(21)8-14(15(16)10-22)12-5-3-7-18-19(12)13-4-1-2-6-17(13)23-18/h1-9H. The average Bonchev–Trinajstić information content (AvgIpc) is 2.92. The second-order valence-corrected chi connectivity index (χ2v) is 7.57. The number of rotatable bonds is 1. The molecular weight excluding hydrogens is 390 g/mol. The highest BCUT2D eigenvalue weighted by Gasteiger charge is 2.15. The molecule has 0 radical (unpaired) electrons. The molecule has 0 saturated heterocycles. The van der Waals surface area contributed by atoms with Crippen LogP contribution in [0.5, 0.6) is 0 Å². The zero-order valence-corrected chi connectivity index (χ0v) is 15.0. The van der Waals surface area contributed by atoms with Crippen molar-refractivity contribution < 1.29 is 0 Å². The van der Waals surface area contributed by atoms with Gasteiger partial charge in [-0.05, 0) is 45.8 Å². The predicted molar refractivity (Wildman–Crippen MR) is 102 cm³/mol. The van der Waals surface area contributed by atoms with E-state index in [-0.39, 0.29) is 0 Å². The predicted octanol–water partition coefficient (Wildman–Crippen LogP) is 7.01. The summed E-state index contributed by atoms with van der Waals surface area (Å²) in [5.41, 5.74) is 2.51. The number of fused-ring (bicyclic) bond motifs is 3. The van der Waals surface area contributed by atoms with Crippen molar-refractivity contribution in [3.63, 3.8) is 0 Å². The second kappa shape index (κ2) is 5.65. The third-order valence-corrected chi connectivity index (χ3v) is 5.84. The summed E-state index contributed by atoms with van der Waals surface area (Å²) in [5.74, 6) is 0. The Bertz CT molecular complexity index is 1110. The van der Waals surface area contributed by atoms with Gasteiger partial charge in [0.15, 0.2) is 0 Å². The van der Waals surface area contributed by atoms with E-state index in [1.807, 2.05) is 24.3 Å². The SMILES string of the molecule is N#Cc1c(Br)cc(Cl)cc1-c1cccc2sc3ccccc3c12. The minimum absolute atomic E-state index is 0.609. The first kappa shape index (κ1) is 14.7. The number of nitrogens with zero attached hydrogens (tertiary/aromatic N) is 1. The summed E-state index contributed by atoms with van der Waals surface area (Å²) in [6, 6.07) is 20.5. The third-order valence-electron chi connectivity index (χ3n) is 3.86. The molecule has 4 heteroatoms. The van der Waals surface area contributed by atoms with E-state index in [9.17, 15) is 5.26 Å². The maximum atomic E-state index is 9.57. The lowest BCUT2D eigenvalue weighted by molar-refractivity contribution is 1.46. The summed E-state index contributed by atoms with van der Waals surface area (Å²) in [4.78, 5) is 0. The molecule has 0 saturated carbocycles. The zero-order valence-electron chi connectivity index (χ0n) is 11.8. The van der Waals surface area contributed by atoms with E-state index in [2.05, 4.69) is 46.3 Å². The Labute approximate surface area is 150 Å². The van der Waals surface area contributed by atoms with Crippen molar-refractivity contribution in [2.24, 2.45) is 0 Å². The summed E-state index contributed by atoms with van der Waals surface area (Å²) in [7, 11) is 0. The third kappa shape index (κ3) is 2.35. The van der Waals surface area contributed by atoms with Crippen LogP contribution in [0.3, 0.4) is 0 Å². The minimum Gasteiger partial charge on any atom is -0.192 e. The first-order chi connectivity index (χ1) is 11.2. The van der Waals surface area contributed by atoms with Gasteiger partial charge in [-0.15, -0.1) is 11.3 Å². The molecule has 0 aliphatic rings. The van der Waals surface area contributed by atoms with E-state index in [0.29, 0.717) is 10.6 Å². The molecule has 0 atom stereocenters. The monoisotopic (exact) mass is 397 g/mol. The zero-order chi connectivity index (χ0) is 16.0. The topological polar surface area (TPSA) is 23.8 Å². The van der Waals surface area contributed by atoms with Gasteiger partial charge < -0.3 is 0 Å². The Balaban J connectivity index is 2.18. The van der Waals surface area contributed by atoms with Gasteiger partial charge in [-0.1, -0.05) is 41.9 Å². The quantitative estimate of drug-likeness (QED) is 0.338. The van der Waals surface area contributed by atoms with E-state index in [1.54, 1.807) is 17.4 Å². The fourth-order valence-electron chi connectivity index (χ4n) is 2.90. The van der Waals surface area contributed by atoms with Gasteiger partial charge >= 0.3 is 0 Å². The Kier molecular flexibility index (Phi) is 3.61. The average molecular weight is 399 g/mol. The fraction of sp³-hybridized carbons (Fsp3) is 0. The van der Waals surface area contributed by atoms with Crippen molar-refractivity contribution in [2.45, 2.75) is 0 Å². The molecule has 0 bridgehead atoms. The van der Waals surface area contributed by atoms with Crippen molar-refractivity contribution in [3.8, 4) is 17.2 Å². The van der Waals surface area contributed by atoms with E-state index >= 15 is 0 Å². The first-order valence-electron chi connectivity index (χ1n) is 6.99. The highest BCUT2D eigenvalue weighted by atomic mass is 79.9. The van der Waals surface area contributed by atoms with Crippen LogP contribution in [-0.4, -0.2) is 0 Å². The van der Waals surface area contributed by atoms with Gasteiger partial charge in [0.1, 0.15) is 6.07 Å². The van der Waals surface area contributed by atoms with Crippen molar-refractivity contribution in [1.82, 2.24) is 0 Å². The van der Waals surface area contributed by atoms with Gasteiger partial charge in [0.05, 0.1) is 5.56 Å². The molecular formula is C19H9BrClNS. The Morgan fingerprint density at radius 2 is 1.74 bits per heavy atom. The lowest BCUT2D eigenvalue weighted by Crippen LogP contribution is -1.87.